The van der Waals surface area contributed by atoms with Crippen molar-refractivity contribution in [3.63, 3.8) is 0 Å². The van der Waals surface area contributed by atoms with Crippen molar-refractivity contribution in [3.05, 3.63) is 65.7 Å². The van der Waals surface area contributed by atoms with E-state index < -0.39 is 0 Å². The molecule has 106 valence electrons. The van der Waals surface area contributed by atoms with Gasteiger partial charge in [-0.05, 0) is 30.0 Å². The van der Waals surface area contributed by atoms with Crippen LogP contribution < -0.4 is 10.5 Å². The van der Waals surface area contributed by atoms with Crippen LogP contribution in [0.25, 0.3) is 0 Å². The predicted octanol–water partition coefficient (Wildman–Crippen LogP) is 4.10. The molecule has 0 spiro atoms. The van der Waals surface area contributed by atoms with Gasteiger partial charge < -0.3 is 10.5 Å². The number of ether oxygens (including phenoxy) is 1. The van der Waals surface area contributed by atoms with Crippen molar-refractivity contribution in [1.82, 2.24) is 0 Å². The Bertz CT molecular complexity index is 536. The monoisotopic (exact) mass is 269 g/mol. The maximum atomic E-state index is 6.41. The average Bonchev–Trinajstić information content (AvgIpc) is 2.46. The van der Waals surface area contributed by atoms with Crippen LogP contribution in [0.4, 0.5) is 0 Å². The number of benzene rings is 2. The molecule has 2 aromatic carbocycles. The van der Waals surface area contributed by atoms with Gasteiger partial charge in [-0.2, -0.15) is 0 Å². The molecule has 2 atom stereocenters. The Balaban J connectivity index is 2.22. The van der Waals surface area contributed by atoms with E-state index in [0.29, 0.717) is 5.92 Å². The van der Waals surface area contributed by atoms with Crippen molar-refractivity contribution < 1.29 is 4.74 Å². The van der Waals surface area contributed by atoms with Crippen molar-refractivity contribution >= 4 is 0 Å². The largest absolute Gasteiger partial charge is 0.488 e. The number of hydrogen-bond donors (Lipinski definition) is 1. The topological polar surface area (TPSA) is 35.2 Å². The van der Waals surface area contributed by atoms with Crippen LogP contribution in [0.1, 0.15) is 31.0 Å². The molecule has 0 aromatic heterocycles. The number of rotatable bonds is 5. The van der Waals surface area contributed by atoms with Gasteiger partial charge in [-0.1, -0.05) is 62.4 Å². The van der Waals surface area contributed by atoms with Crippen molar-refractivity contribution in [2.24, 2.45) is 11.7 Å². The first-order valence-electron chi connectivity index (χ1n) is 7.12. The zero-order valence-corrected chi connectivity index (χ0v) is 12.4. The van der Waals surface area contributed by atoms with Gasteiger partial charge in [0.05, 0.1) is 6.04 Å². The van der Waals surface area contributed by atoms with E-state index in [1.165, 1.54) is 0 Å². The van der Waals surface area contributed by atoms with Gasteiger partial charge in [0, 0.05) is 0 Å². The summed E-state index contributed by atoms with van der Waals surface area (Å²) in [5, 5.41) is 0. The standard InChI is InChI=1S/C18H23NO/c1-13(2)18(17(19)15-10-5-4-6-11-15)20-16-12-8-7-9-14(16)3/h4-13,17-18H,19H2,1-3H3. The first-order chi connectivity index (χ1) is 9.59. The Labute approximate surface area is 121 Å². The maximum absolute atomic E-state index is 6.41. The summed E-state index contributed by atoms with van der Waals surface area (Å²) >= 11 is 0. The molecule has 0 saturated heterocycles. The first kappa shape index (κ1) is 14.6. The van der Waals surface area contributed by atoms with Crippen LogP contribution in [-0.4, -0.2) is 6.10 Å². The molecule has 0 aliphatic carbocycles. The minimum Gasteiger partial charge on any atom is -0.488 e. The van der Waals surface area contributed by atoms with Crippen LogP contribution in [0, 0.1) is 12.8 Å². The van der Waals surface area contributed by atoms with Gasteiger partial charge in [0.1, 0.15) is 11.9 Å². The van der Waals surface area contributed by atoms with E-state index in [9.17, 15) is 0 Å². The van der Waals surface area contributed by atoms with Crippen LogP contribution >= 0.6 is 0 Å². The highest BCUT2D eigenvalue weighted by Gasteiger charge is 2.25. The highest BCUT2D eigenvalue weighted by molar-refractivity contribution is 5.32. The second kappa shape index (κ2) is 6.58. The third-order valence-corrected chi connectivity index (χ3v) is 3.55. The highest BCUT2D eigenvalue weighted by atomic mass is 16.5. The molecule has 0 bridgehead atoms. The summed E-state index contributed by atoms with van der Waals surface area (Å²) in [5.41, 5.74) is 8.66. The molecule has 0 fully saturated rings. The van der Waals surface area contributed by atoms with Gasteiger partial charge in [0.2, 0.25) is 0 Å². The third-order valence-electron chi connectivity index (χ3n) is 3.55. The Morgan fingerprint density at radius 1 is 0.900 bits per heavy atom. The Morgan fingerprint density at radius 3 is 2.10 bits per heavy atom. The summed E-state index contributed by atoms with van der Waals surface area (Å²) in [7, 11) is 0. The molecular weight excluding hydrogens is 246 g/mol. The molecular formula is C18H23NO. The molecule has 0 aliphatic heterocycles. The number of para-hydroxylation sites is 1. The molecule has 2 unspecified atom stereocenters. The summed E-state index contributed by atoms with van der Waals surface area (Å²) < 4.78 is 6.20. The minimum absolute atomic E-state index is 0.0431. The summed E-state index contributed by atoms with van der Waals surface area (Å²) in [4.78, 5) is 0. The van der Waals surface area contributed by atoms with Gasteiger partial charge in [-0.15, -0.1) is 0 Å². The molecule has 2 N–H and O–H groups in total. The number of nitrogens with two attached hydrogens (primary N) is 1. The van der Waals surface area contributed by atoms with Gasteiger partial charge in [-0.3, -0.25) is 0 Å². The lowest BCUT2D eigenvalue weighted by Gasteiger charge is -2.29. The minimum atomic E-state index is -0.129. The molecule has 0 radical (unpaired) electrons. The fourth-order valence-corrected chi connectivity index (χ4v) is 2.32. The van der Waals surface area contributed by atoms with E-state index in [2.05, 4.69) is 39.0 Å². The average molecular weight is 269 g/mol. The Kier molecular flexibility index (Phi) is 4.80. The number of hydrogen-bond acceptors (Lipinski definition) is 2. The van der Waals surface area contributed by atoms with E-state index in [1.54, 1.807) is 0 Å². The van der Waals surface area contributed by atoms with E-state index in [-0.39, 0.29) is 12.1 Å². The van der Waals surface area contributed by atoms with E-state index in [0.717, 1.165) is 16.9 Å². The van der Waals surface area contributed by atoms with Crippen molar-refractivity contribution in [2.45, 2.75) is 32.9 Å². The summed E-state index contributed by atoms with van der Waals surface area (Å²) in [6, 6.07) is 18.1. The second-order valence-corrected chi connectivity index (χ2v) is 5.53. The van der Waals surface area contributed by atoms with Crippen LogP contribution in [0.5, 0.6) is 5.75 Å². The SMILES string of the molecule is Cc1ccccc1OC(C(C)C)C(N)c1ccccc1. The lowest BCUT2D eigenvalue weighted by molar-refractivity contribution is 0.122. The molecule has 0 aliphatic rings. The molecule has 2 heteroatoms. The predicted molar refractivity (Wildman–Crippen MR) is 83.8 cm³/mol. The highest BCUT2D eigenvalue weighted by Crippen LogP contribution is 2.27. The van der Waals surface area contributed by atoms with Gasteiger partial charge in [0.25, 0.3) is 0 Å². The molecule has 2 nitrogen and oxygen atoms in total. The Morgan fingerprint density at radius 2 is 1.50 bits per heavy atom. The van der Waals surface area contributed by atoms with Crippen molar-refractivity contribution in [1.29, 1.82) is 0 Å². The molecule has 0 amide bonds. The van der Waals surface area contributed by atoms with Gasteiger partial charge in [0.15, 0.2) is 0 Å². The maximum Gasteiger partial charge on any atom is 0.122 e. The third kappa shape index (κ3) is 3.40. The summed E-state index contributed by atoms with van der Waals surface area (Å²) in [6.07, 6.45) is -0.0431. The molecule has 2 rings (SSSR count). The van der Waals surface area contributed by atoms with Crippen molar-refractivity contribution in [2.75, 3.05) is 0 Å². The quantitative estimate of drug-likeness (QED) is 0.887. The Hall–Kier alpha value is -1.80. The number of aryl methyl sites for hydroxylation is 1. The molecule has 20 heavy (non-hydrogen) atoms. The van der Waals surface area contributed by atoms with Crippen LogP contribution in [0.2, 0.25) is 0 Å². The lowest BCUT2D eigenvalue weighted by atomic mass is 9.94. The zero-order chi connectivity index (χ0) is 14.5. The van der Waals surface area contributed by atoms with E-state index in [1.807, 2.05) is 36.4 Å². The zero-order valence-electron chi connectivity index (χ0n) is 12.4. The fourth-order valence-electron chi connectivity index (χ4n) is 2.32. The normalized spacial score (nSPS) is 14.1. The van der Waals surface area contributed by atoms with E-state index in [4.69, 9.17) is 10.5 Å². The van der Waals surface area contributed by atoms with Crippen LogP contribution in [0.15, 0.2) is 54.6 Å². The van der Waals surface area contributed by atoms with Gasteiger partial charge >= 0.3 is 0 Å². The van der Waals surface area contributed by atoms with Crippen LogP contribution in [0.3, 0.4) is 0 Å². The molecule has 2 aromatic rings. The van der Waals surface area contributed by atoms with Gasteiger partial charge in [-0.25, -0.2) is 0 Å². The summed E-state index contributed by atoms with van der Waals surface area (Å²) in [5.74, 6) is 1.25. The smallest absolute Gasteiger partial charge is 0.122 e. The van der Waals surface area contributed by atoms with E-state index >= 15 is 0 Å². The molecule has 0 saturated carbocycles. The fraction of sp³-hybridized carbons (Fsp3) is 0.333. The lowest BCUT2D eigenvalue weighted by Crippen LogP contribution is -2.36. The summed E-state index contributed by atoms with van der Waals surface area (Å²) in [6.45, 7) is 6.35. The van der Waals surface area contributed by atoms with Crippen molar-refractivity contribution in [3.8, 4) is 5.75 Å². The van der Waals surface area contributed by atoms with Crippen LogP contribution in [-0.2, 0) is 0 Å². The molecule has 0 heterocycles. The second-order valence-electron chi connectivity index (χ2n) is 5.53. The first-order valence-corrected chi connectivity index (χ1v) is 7.12.